The lowest BCUT2D eigenvalue weighted by Crippen LogP contribution is -2.50. The van der Waals surface area contributed by atoms with Gasteiger partial charge in [0.15, 0.2) is 0 Å². The Morgan fingerprint density at radius 2 is 1.87 bits per heavy atom. The first-order valence-electron chi connectivity index (χ1n) is 12.0. The lowest BCUT2D eigenvalue weighted by Gasteiger charge is -2.58. The van der Waals surface area contributed by atoms with Crippen molar-refractivity contribution in [3.63, 3.8) is 0 Å². The van der Waals surface area contributed by atoms with E-state index >= 15 is 0 Å². The molecule has 3 unspecified atom stereocenters. The number of aliphatic hydroxyl groups is 1. The van der Waals surface area contributed by atoms with Crippen molar-refractivity contribution in [2.24, 2.45) is 40.4 Å². The molecule has 4 heteroatoms. The first kappa shape index (κ1) is 22.0. The molecule has 0 bridgehead atoms. The maximum Gasteiger partial charge on any atom is 0.302 e. The van der Waals surface area contributed by atoms with Gasteiger partial charge in [-0.25, -0.2) is 4.39 Å². The molecule has 3 fully saturated rings. The number of carbonyl (C=O) groups is 1. The molecule has 0 aromatic carbocycles. The minimum Gasteiger partial charge on any atom is -0.463 e. The summed E-state index contributed by atoms with van der Waals surface area (Å²) in [5.74, 6) is 1.23. The highest BCUT2D eigenvalue weighted by Crippen LogP contribution is 2.67. The number of allylic oxidation sites excluding steroid dienone is 2. The zero-order valence-corrected chi connectivity index (χ0v) is 19.1. The van der Waals surface area contributed by atoms with Gasteiger partial charge in [-0.15, -0.1) is 0 Å². The van der Waals surface area contributed by atoms with Gasteiger partial charge in [0.25, 0.3) is 0 Å². The van der Waals surface area contributed by atoms with Crippen molar-refractivity contribution in [2.45, 2.75) is 91.3 Å². The number of esters is 1. The van der Waals surface area contributed by atoms with E-state index in [2.05, 4.69) is 26.5 Å². The number of ether oxygens (including phenoxy) is 1. The molecule has 3 nitrogen and oxygen atoms in total. The van der Waals surface area contributed by atoms with Crippen LogP contribution in [-0.2, 0) is 9.53 Å². The molecule has 4 rings (SSSR count). The quantitative estimate of drug-likeness (QED) is 0.451. The van der Waals surface area contributed by atoms with Gasteiger partial charge < -0.3 is 9.84 Å². The monoisotopic (exact) mass is 418 g/mol. The van der Waals surface area contributed by atoms with Crippen LogP contribution in [0.1, 0.15) is 79.1 Å². The molecule has 1 N–H and O–H groups in total. The van der Waals surface area contributed by atoms with Gasteiger partial charge >= 0.3 is 5.97 Å². The molecule has 4 aliphatic carbocycles. The number of aliphatic hydroxyl groups excluding tert-OH is 1. The molecule has 0 spiro atoms. The summed E-state index contributed by atoms with van der Waals surface area (Å²) in [6, 6.07) is 0. The van der Waals surface area contributed by atoms with Crippen LogP contribution in [0.25, 0.3) is 0 Å². The lowest BCUT2D eigenvalue weighted by atomic mass is 9.47. The van der Waals surface area contributed by atoms with Gasteiger partial charge in [-0.05, 0) is 91.8 Å². The zero-order valence-electron chi connectivity index (χ0n) is 19.1. The summed E-state index contributed by atoms with van der Waals surface area (Å²) < 4.78 is 19.2. The van der Waals surface area contributed by atoms with Gasteiger partial charge in [-0.3, -0.25) is 4.79 Å². The Morgan fingerprint density at radius 3 is 2.53 bits per heavy atom. The molecule has 0 aromatic heterocycles. The van der Waals surface area contributed by atoms with Gasteiger partial charge in [0, 0.05) is 6.92 Å². The molecule has 3 saturated carbocycles. The highest BCUT2D eigenvalue weighted by molar-refractivity contribution is 5.66. The van der Waals surface area contributed by atoms with Crippen LogP contribution in [0, 0.1) is 40.4 Å². The van der Waals surface area contributed by atoms with E-state index in [1.807, 2.05) is 6.92 Å². The summed E-state index contributed by atoms with van der Waals surface area (Å²) in [6.07, 6.45) is 10.3. The Kier molecular flexibility index (Phi) is 5.70. The molecule has 0 heterocycles. The van der Waals surface area contributed by atoms with Crippen molar-refractivity contribution in [3.8, 4) is 0 Å². The first-order chi connectivity index (χ1) is 14.1. The average molecular weight is 419 g/mol. The van der Waals surface area contributed by atoms with Crippen molar-refractivity contribution in [1.82, 2.24) is 0 Å². The molecule has 0 aromatic rings. The van der Waals surface area contributed by atoms with Gasteiger partial charge in [-0.1, -0.05) is 39.0 Å². The topological polar surface area (TPSA) is 46.5 Å². The van der Waals surface area contributed by atoms with Crippen LogP contribution >= 0.6 is 0 Å². The van der Waals surface area contributed by atoms with Crippen molar-refractivity contribution >= 4 is 5.97 Å². The van der Waals surface area contributed by atoms with Crippen molar-refractivity contribution < 1.29 is 19.0 Å². The third-order valence-corrected chi connectivity index (χ3v) is 9.89. The maximum atomic E-state index is 13.7. The van der Waals surface area contributed by atoms with E-state index in [4.69, 9.17) is 4.74 Å². The molecule has 30 heavy (non-hydrogen) atoms. The zero-order chi connectivity index (χ0) is 21.8. The summed E-state index contributed by atoms with van der Waals surface area (Å²) in [5.41, 5.74) is 2.08. The minimum absolute atomic E-state index is 0.0800. The molecule has 0 saturated heterocycles. The SMILES string of the molecule is C=C(F)C(O)[C@@H](C)[C@H]1CC[C@H]2C3=CCC4CC(OC(C)=O)CC[C@]4(C)[C@H]3CC[C@]12C. The Labute approximate surface area is 181 Å². The van der Waals surface area contributed by atoms with Crippen molar-refractivity contribution in [1.29, 1.82) is 0 Å². The average Bonchev–Trinajstić information content (AvgIpc) is 3.03. The number of fused-ring (bicyclic) bond motifs is 5. The minimum atomic E-state index is -1.05. The third-order valence-electron chi connectivity index (χ3n) is 9.89. The molecule has 0 amide bonds. The number of carbonyl (C=O) groups excluding carboxylic acids is 1. The lowest BCUT2D eigenvalue weighted by molar-refractivity contribution is -0.152. The predicted molar refractivity (Wildman–Crippen MR) is 116 cm³/mol. The molecule has 0 radical (unpaired) electrons. The normalized spacial score (nSPS) is 44.7. The van der Waals surface area contributed by atoms with Crippen LogP contribution in [0.15, 0.2) is 24.1 Å². The summed E-state index contributed by atoms with van der Waals surface area (Å²) in [6.45, 7) is 11.7. The van der Waals surface area contributed by atoms with E-state index in [-0.39, 0.29) is 23.4 Å². The molecular formula is C26H39FO3. The van der Waals surface area contributed by atoms with Crippen molar-refractivity contribution in [2.75, 3.05) is 0 Å². The molecule has 9 atom stereocenters. The number of rotatable bonds is 4. The van der Waals surface area contributed by atoms with Crippen molar-refractivity contribution in [3.05, 3.63) is 24.1 Å². The van der Waals surface area contributed by atoms with Gasteiger partial charge in [0.05, 0.1) is 0 Å². The molecular weight excluding hydrogens is 379 g/mol. The Hall–Kier alpha value is -1.16. The fourth-order valence-corrected chi connectivity index (χ4v) is 8.22. The fraction of sp³-hybridized carbons (Fsp3) is 0.808. The van der Waals surface area contributed by atoms with E-state index < -0.39 is 11.9 Å². The van der Waals surface area contributed by atoms with Crippen LogP contribution in [0.4, 0.5) is 4.39 Å². The summed E-state index contributed by atoms with van der Waals surface area (Å²) in [5, 5.41) is 10.4. The molecule has 168 valence electrons. The second-order valence-electron chi connectivity index (χ2n) is 11.2. The van der Waals surface area contributed by atoms with Crippen LogP contribution in [0.2, 0.25) is 0 Å². The Bertz CT molecular complexity index is 745. The standard InChI is InChI=1S/C26H39FO3/c1-15(24(29)16(2)27)21-8-9-22-20-7-6-18-14-19(30-17(3)28)10-12-25(18,4)23(20)11-13-26(21,22)5/h7,15,18-19,21-24,29H,2,6,8-14H2,1,3-5H3/t15-,18?,19?,21+,22-,23-,24?,25-,26+/m0/s1. The fourth-order valence-electron chi connectivity index (χ4n) is 8.22. The summed E-state index contributed by atoms with van der Waals surface area (Å²) in [7, 11) is 0. The van der Waals surface area contributed by atoms with E-state index in [1.165, 1.54) is 13.3 Å². The van der Waals surface area contributed by atoms with E-state index in [1.54, 1.807) is 5.57 Å². The van der Waals surface area contributed by atoms with E-state index in [9.17, 15) is 14.3 Å². The second-order valence-corrected chi connectivity index (χ2v) is 11.2. The Morgan fingerprint density at radius 1 is 1.20 bits per heavy atom. The highest BCUT2D eigenvalue weighted by Gasteiger charge is 2.58. The Balaban J connectivity index is 1.56. The van der Waals surface area contributed by atoms with E-state index in [0.717, 1.165) is 44.9 Å². The van der Waals surface area contributed by atoms with Crippen LogP contribution in [-0.4, -0.2) is 23.3 Å². The van der Waals surface area contributed by atoms with Gasteiger partial charge in [0.1, 0.15) is 18.0 Å². The van der Waals surface area contributed by atoms with Crippen LogP contribution < -0.4 is 0 Å². The predicted octanol–water partition coefficient (Wildman–Crippen LogP) is 5.98. The third kappa shape index (κ3) is 3.38. The summed E-state index contributed by atoms with van der Waals surface area (Å²) in [4.78, 5) is 11.4. The van der Waals surface area contributed by atoms with Crippen LogP contribution in [0.3, 0.4) is 0 Å². The van der Waals surface area contributed by atoms with Crippen LogP contribution in [0.5, 0.6) is 0 Å². The first-order valence-corrected chi connectivity index (χ1v) is 12.0. The van der Waals surface area contributed by atoms with Gasteiger partial charge in [-0.2, -0.15) is 0 Å². The second kappa shape index (κ2) is 7.76. The molecule has 0 aliphatic heterocycles. The number of hydrogen-bond donors (Lipinski definition) is 1. The maximum absolute atomic E-state index is 13.7. The smallest absolute Gasteiger partial charge is 0.302 e. The summed E-state index contributed by atoms with van der Waals surface area (Å²) >= 11 is 0. The molecule has 4 aliphatic rings. The number of hydrogen-bond acceptors (Lipinski definition) is 3. The van der Waals surface area contributed by atoms with Gasteiger partial charge in [0.2, 0.25) is 0 Å². The highest BCUT2D eigenvalue weighted by atomic mass is 19.1. The number of halogens is 1. The van der Waals surface area contributed by atoms with E-state index in [0.29, 0.717) is 29.1 Å². The largest absolute Gasteiger partial charge is 0.463 e.